The van der Waals surface area contributed by atoms with E-state index in [4.69, 9.17) is 0 Å². The van der Waals surface area contributed by atoms with Crippen LogP contribution in [0.15, 0.2) is 23.1 Å². The molecule has 0 bridgehead atoms. The molecule has 0 atom stereocenters. The molecule has 2 amide bonds. The van der Waals surface area contributed by atoms with Gasteiger partial charge in [0.1, 0.15) is 5.82 Å². The molecule has 0 fully saturated rings. The molecule has 1 rings (SSSR count). The Bertz CT molecular complexity index is 451. The normalized spacial score (nSPS) is 9.88. The Kier molecular flexibility index (Phi) is 4.51. The summed E-state index contributed by atoms with van der Waals surface area (Å²) < 4.78 is 13.0. The Hall–Kier alpha value is -1.56. The number of likely N-dealkylation sites (N-methyl/N-ethyl adjacent to an activating group) is 2. The fourth-order valence-corrected chi connectivity index (χ4v) is 1.45. The average molecular weight is 256 g/mol. The third-order valence-electron chi connectivity index (χ3n) is 2.20. The molecule has 1 aromatic carbocycles. The van der Waals surface area contributed by atoms with Gasteiger partial charge in [0.25, 0.3) is 5.91 Å². The summed E-state index contributed by atoms with van der Waals surface area (Å²) >= 11 is 3.89. The highest BCUT2D eigenvalue weighted by molar-refractivity contribution is 7.80. The Balaban J connectivity index is 2.81. The summed E-state index contributed by atoms with van der Waals surface area (Å²) in [6.07, 6.45) is 0. The van der Waals surface area contributed by atoms with E-state index in [9.17, 15) is 14.0 Å². The van der Waals surface area contributed by atoms with Gasteiger partial charge in [-0.25, -0.2) is 4.39 Å². The highest BCUT2D eigenvalue weighted by Gasteiger charge is 2.15. The molecule has 0 saturated carbocycles. The van der Waals surface area contributed by atoms with E-state index in [0.717, 1.165) is 0 Å². The molecule has 0 unspecified atom stereocenters. The van der Waals surface area contributed by atoms with Crippen molar-refractivity contribution in [2.24, 2.45) is 0 Å². The maximum Gasteiger partial charge on any atom is 0.254 e. The van der Waals surface area contributed by atoms with Crippen molar-refractivity contribution < 1.29 is 14.0 Å². The molecule has 1 aromatic rings. The summed E-state index contributed by atoms with van der Waals surface area (Å²) in [5.74, 6) is -1.11. The lowest BCUT2D eigenvalue weighted by molar-refractivity contribution is -0.121. The van der Waals surface area contributed by atoms with E-state index in [0.29, 0.717) is 5.56 Å². The average Bonchev–Trinajstić information content (AvgIpc) is 2.31. The number of carbonyl (C=O) groups excluding carboxylic acids is 2. The number of nitrogens with zero attached hydrogens (tertiary/aromatic N) is 1. The number of hydrogen-bond donors (Lipinski definition) is 2. The largest absolute Gasteiger partial charge is 0.358 e. The van der Waals surface area contributed by atoms with Crippen LogP contribution >= 0.6 is 12.6 Å². The van der Waals surface area contributed by atoms with Crippen LogP contribution in [0.4, 0.5) is 4.39 Å². The van der Waals surface area contributed by atoms with Crippen molar-refractivity contribution in [3.05, 3.63) is 29.6 Å². The number of thiol groups is 1. The van der Waals surface area contributed by atoms with Crippen LogP contribution in [0.2, 0.25) is 0 Å². The fourth-order valence-electron chi connectivity index (χ4n) is 1.23. The predicted molar refractivity (Wildman–Crippen MR) is 64.7 cm³/mol. The van der Waals surface area contributed by atoms with Gasteiger partial charge < -0.3 is 10.2 Å². The monoisotopic (exact) mass is 256 g/mol. The van der Waals surface area contributed by atoms with E-state index in [1.54, 1.807) is 0 Å². The number of carbonyl (C=O) groups is 2. The second-order valence-electron chi connectivity index (χ2n) is 3.50. The fraction of sp³-hybridized carbons (Fsp3) is 0.273. The zero-order chi connectivity index (χ0) is 13.0. The van der Waals surface area contributed by atoms with Gasteiger partial charge >= 0.3 is 0 Å². The lowest BCUT2D eigenvalue weighted by Gasteiger charge is -2.16. The molecular formula is C11H13FN2O2S. The van der Waals surface area contributed by atoms with Crippen molar-refractivity contribution >= 4 is 24.4 Å². The minimum atomic E-state index is -0.487. The molecule has 0 saturated heterocycles. The maximum absolute atomic E-state index is 13.0. The molecule has 0 spiro atoms. The highest BCUT2D eigenvalue weighted by Crippen LogP contribution is 2.15. The third kappa shape index (κ3) is 3.45. The summed E-state index contributed by atoms with van der Waals surface area (Å²) in [7, 11) is 2.99. The first-order valence-corrected chi connectivity index (χ1v) is 5.35. The molecule has 0 aliphatic heterocycles. The van der Waals surface area contributed by atoms with E-state index in [1.807, 2.05) is 0 Å². The van der Waals surface area contributed by atoms with Gasteiger partial charge in [-0.1, -0.05) is 0 Å². The zero-order valence-corrected chi connectivity index (χ0v) is 10.4. The zero-order valence-electron chi connectivity index (χ0n) is 9.53. The molecular weight excluding hydrogens is 243 g/mol. The van der Waals surface area contributed by atoms with E-state index < -0.39 is 5.82 Å². The Labute approximate surface area is 104 Å². The predicted octanol–water partition coefficient (Wildman–Crippen LogP) is 0.932. The standard InChI is InChI=1S/C11H13FN2O2S/c1-13-10(15)6-14(2)11(16)7-3-4-8(12)9(17)5-7/h3-5,17H,6H2,1-2H3,(H,13,15). The summed E-state index contributed by atoms with van der Waals surface area (Å²) in [5.41, 5.74) is 0.294. The van der Waals surface area contributed by atoms with E-state index in [2.05, 4.69) is 17.9 Å². The van der Waals surface area contributed by atoms with Crippen LogP contribution in [0.5, 0.6) is 0 Å². The molecule has 4 nitrogen and oxygen atoms in total. The number of hydrogen-bond acceptors (Lipinski definition) is 3. The first-order chi connectivity index (χ1) is 7.95. The maximum atomic E-state index is 13.0. The molecule has 17 heavy (non-hydrogen) atoms. The molecule has 6 heteroatoms. The van der Waals surface area contributed by atoms with Crippen molar-refractivity contribution in [2.75, 3.05) is 20.6 Å². The van der Waals surface area contributed by atoms with Gasteiger partial charge in [-0.15, -0.1) is 12.6 Å². The Morgan fingerprint density at radius 2 is 2.12 bits per heavy atom. The highest BCUT2D eigenvalue weighted by atomic mass is 32.1. The molecule has 0 radical (unpaired) electrons. The van der Waals surface area contributed by atoms with E-state index in [-0.39, 0.29) is 23.3 Å². The summed E-state index contributed by atoms with van der Waals surface area (Å²) in [4.78, 5) is 24.3. The van der Waals surface area contributed by atoms with Crippen LogP contribution in [0.1, 0.15) is 10.4 Å². The van der Waals surface area contributed by atoms with Gasteiger partial charge in [0, 0.05) is 24.6 Å². The van der Waals surface area contributed by atoms with Crippen LogP contribution < -0.4 is 5.32 Å². The third-order valence-corrected chi connectivity index (χ3v) is 2.54. The topological polar surface area (TPSA) is 49.4 Å². The van der Waals surface area contributed by atoms with Crippen LogP contribution in [0.3, 0.4) is 0 Å². The van der Waals surface area contributed by atoms with Gasteiger partial charge in [-0.05, 0) is 18.2 Å². The van der Waals surface area contributed by atoms with Gasteiger partial charge in [0.2, 0.25) is 5.91 Å². The minimum absolute atomic E-state index is 0.0470. The Morgan fingerprint density at radius 3 is 2.65 bits per heavy atom. The van der Waals surface area contributed by atoms with Gasteiger partial charge in [-0.3, -0.25) is 9.59 Å². The number of amides is 2. The van der Waals surface area contributed by atoms with Crippen LogP contribution in [-0.2, 0) is 4.79 Å². The quantitative estimate of drug-likeness (QED) is 0.791. The van der Waals surface area contributed by atoms with Gasteiger partial charge in [0.05, 0.1) is 6.54 Å². The smallest absolute Gasteiger partial charge is 0.254 e. The van der Waals surface area contributed by atoms with Crippen LogP contribution in [0, 0.1) is 5.82 Å². The number of halogens is 1. The van der Waals surface area contributed by atoms with Crippen LogP contribution in [-0.4, -0.2) is 37.4 Å². The van der Waals surface area contributed by atoms with Gasteiger partial charge in [-0.2, -0.15) is 0 Å². The van der Waals surface area contributed by atoms with Crippen molar-refractivity contribution in [1.82, 2.24) is 10.2 Å². The molecule has 92 valence electrons. The van der Waals surface area contributed by atoms with Crippen molar-refractivity contribution in [3.63, 3.8) is 0 Å². The lowest BCUT2D eigenvalue weighted by Crippen LogP contribution is -2.36. The molecule has 1 N–H and O–H groups in total. The Morgan fingerprint density at radius 1 is 1.47 bits per heavy atom. The van der Waals surface area contributed by atoms with E-state index >= 15 is 0 Å². The van der Waals surface area contributed by atoms with E-state index in [1.165, 1.54) is 37.2 Å². The molecule has 0 aliphatic carbocycles. The summed E-state index contributed by atoms with van der Waals surface area (Å²) in [6, 6.07) is 3.86. The summed E-state index contributed by atoms with van der Waals surface area (Å²) in [6.45, 7) is -0.0470. The summed E-state index contributed by atoms with van der Waals surface area (Å²) in [5, 5.41) is 2.41. The molecule has 0 aromatic heterocycles. The first kappa shape index (κ1) is 13.5. The number of rotatable bonds is 3. The second kappa shape index (κ2) is 5.67. The van der Waals surface area contributed by atoms with Crippen molar-refractivity contribution in [3.8, 4) is 0 Å². The molecule has 0 heterocycles. The minimum Gasteiger partial charge on any atom is -0.358 e. The first-order valence-electron chi connectivity index (χ1n) is 4.90. The van der Waals surface area contributed by atoms with Crippen LogP contribution in [0.25, 0.3) is 0 Å². The number of benzene rings is 1. The number of nitrogens with one attached hydrogen (secondary N) is 1. The molecule has 0 aliphatic rings. The van der Waals surface area contributed by atoms with Crippen molar-refractivity contribution in [1.29, 1.82) is 0 Å². The second-order valence-corrected chi connectivity index (χ2v) is 3.98. The van der Waals surface area contributed by atoms with Crippen molar-refractivity contribution in [2.45, 2.75) is 4.90 Å². The SMILES string of the molecule is CNC(=O)CN(C)C(=O)c1ccc(F)c(S)c1. The van der Waals surface area contributed by atoms with Gasteiger partial charge in [0.15, 0.2) is 0 Å². The lowest BCUT2D eigenvalue weighted by atomic mass is 10.2.